The molecule has 4 fully saturated rings. The fourth-order valence-corrected chi connectivity index (χ4v) is 12.2. The number of aliphatic hydroxyl groups excluding tert-OH is 1. The van der Waals surface area contributed by atoms with Gasteiger partial charge in [-0.25, -0.2) is 9.97 Å². The Labute approximate surface area is 426 Å². The van der Waals surface area contributed by atoms with Gasteiger partial charge in [-0.1, -0.05) is 84.3 Å². The van der Waals surface area contributed by atoms with Crippen molar-refractivity contribution in [1.82, 2.24) is 40.6 Å². The standard InChI is InChI=1S/C53H67ClN10O6S/c1-31(33-10-12-34(13-11-33)44-32(2)57-30-71-44)58-47(68)41-22-38(65)28-64(41)48(69)45(51(3,4)5)59-43(66)29-61-26-37(27-61)62-18-20-63(21-19-62)42-17-15-36(25-56-42)46(67)60-49-52(6,7)50(53(49,8)9)70-39-16-14-35(24-55)40(54)23-39/h10-17,23,25,30-31,37-38,41,45,49-50,65H,18-22,26-29H2,1-9H3,(H,58,68)(H,59,66)(H,60,67)/t31-,38+,41-,45?,49?,50?/m0/s1. The molecule has 3 aliphatic heterocycles. The molecule has 0 radical (unpaired) electrons. The molecule has 4 atom stereocenters. The molecule has 71 heavy (non-hydrogen) atoms. The molecule has 2 aromatic heterocycles. The molecule has 0 spiro atoms. The number of hydrogen-bond acceptors (Lipinski definition) is 13. The van der Waals surface area contributed by atoms with Crippen molar-refractivity contribution in [3.63, 3.8) is 0 Å². The van der Waals surface area contributed by atoms with Gasteiger partial charge in [-0.3, -0.25) is 29.0 Å². The minimum atomic E-state index is -0.907. The number of hydrogen-bond donors (Lipinski definition) is 4. The number of nitrogens with one attached hydrogen (secondary N) is 3. The van der Waals surface area contributed by atoms with E-state index in [-0.39, 0.29) is 61.3 Å². The van der Waals surface area contributed by atoms with E-state index in [0.29, 0.717) is 27.9 Å². The third-order valence-electron chi connectivity index (χ3n) is 15.0. The predicted molar refractivity (Wildman–Crippen MR) is 274 cm³/mol. The van der Waals surface area contributed by atoms with E-state index in [1.807, 2.05) is 76.5 Å². The molecule has 378 valence electrons. The number of thiazole rings is 1. The van der Waals surface area contributed by atoms with E-state index >= 15 is 0 Å². The fourth-order valence-electron chi connectivity index (χ4n) is 11.2. The molecule has 4 aromatic rings. The number of rotatable bonds is 14. The van der Waals surface area contributed by atoms with Crippen LogP contribution in [-0.4, -0.2) is 142 Å². The number of aryl methyl sites for hydroxylation is 1. The number of amides is 4. The van der Waals surface area contributed by atoms with Crippen LogP contribution in [0.1, 0.15) is 95.0 Å². The number of benzene rings is 2. The second-order valence-corrected chi connectivity index (χ2v) is 23.2. The van der Waals surface area contributed by atoms with Crippen LogP contribution in [-0.2, 0) is 14.4 Å². The highest BCUT2D eigenvalue weighted by molar-refractivity contribution is 7.13. The largest absolute Gasteiger partial charge is 0.489 e. The van der Waals surface area contributed by atoms with Gasteiger partial charge in [-0.05, 0) is 54.7 Å². The first kappa shape index (κ1) is 51.7. The van der Waals surface area contributed by atoms with Crippen LogP contribution < -0.4 is 25.6 Å². The molecule has 16 nitrogen and oxygen atoms in total. The maximum atomic E-state index is 14.3. The second kappa shape index (κ2) is 20.5. The summed E-state index contributed by atoms with van der Waals surface area (Å²) in [6, 6.07) is 16.8. The van der Waals surface area contributed by atoms with Gasteiger partial charge in [0.2, 0.25) is 17.7 Å². The molecule has 4 N–H and O–H groups in total. The molecule has 1 aliphatic carbocycles. The number of β-amino-alcohol motifs (C(OH)–C–C–N with tert-alkyl or cyclic N) is 1. The van der Waals surface area contributed by atoms with Crippen LogP contribution in [0.25, 0.3) is 10.4 Å². The second-order valence-electron chi connectivity index (χ2n) is 22.0. The topological polar surface area (TPSA) is 196 Å². The van der Waals surface area contributed by atoms with Gasteiger partial charge >= 0.3 is 0 Å². The monoisotopic (exact) mass is 1010 g/mol. The van der Waals surface area contributed by atoms with Gasteiger partial charge in [0.15, 0.2) is 0 Å². The third kappa shape index (κ3) is 10.9. The zero-order valence-corrected chi connectivity index (χ0v) is 43.7. The first-order chi connectivity index (χ1) is 33.5. The van der Waals surface area contributed by atoms with E-state index in [4.69, 9.17) is 21.3 Å². The van der Waals surface area contributed by atoms with Crippen molar-refractivity contribution < 1.29 is 29.0 Å². The van der Waals surface area contributed by atoms with Crippen molar-refractivity contribution in [3.8, 4) is 22.3 Å². The lowest BCUT2D eigenvalue weighted by Gasteiger charge is -2.63. The molecular formula is C53H67ClN10O6S. The number of nitriles is 1. The summed E-state index contributed by atoms with van der Waals surface area (Å²) in [7, 11) is 0. The van der Waals surface area contributed by atoms with E-state index in [9.17, 15) is 29.5 Å². The van der Waals surface area contributed by atoms with Gasteiger partial charge in [0.25, 0.3) is 5.91 Å². The summed E-state index contributed by atoms with van der Waals surface area (Å²) >= 11 is 7.84. The number of carbonyl (C=O) groups is 4. The molecule has 5 heterocycles. The molecule has 4 amide bonds. The molecular weight excluding hydrogens is 940 g/mol. The highest BCUT2D eigenvalue weighted by Crippen LogP contribution is 2.55. The van der Waals surface area contributed by atoms with E-state index in [2.05, 4.69) is 69.4 Å². The van der Waals surface area contributed by atoms with Crippen molar-refractivity contribution in [3.05, 3.63) is 93.7 Å². The van der Waals surface area contributed by atoms with Crippen molar-refractivity contribution in [2.45, 2.75) is 111 Å². The van der Waals surface area contributed by atoms with Crippen LogP contribution in [0.5, 0.6) is 5.75 Å². The number of aromatic nitrogens is 2. The Balaban J connectivity index is 0.776. The van der Waals surface area contributed by atoms with Gasteiger partial charge in [0.05, 0.1) is 50.9 Å². The SMILES string of the molecule is Cc1ncsc1-c1ccc([C@H](C)NC(=O)[C@@H]2C[C@@H](O)CN2C(=O)C(NC(=O)CN2CC(N3CCN(c4ccc(C(=O)NC5C(C)(C)C(Oc6ccc(C#N)c(Cl)c6)C5(C)C)cn4)CC3)C2)C(C)(C)C)cc1. The lowest BCUT2D eigenvalue weighted by molar-refractivity contribution is -0.164. The Bertz CT molecular complexity index is 2630. The van der Waals surface area contributed by atoms with Crippen LogP contribution in [0.2, 0.25) is 5.02 Å². The van der Waals surface area contributed by atoms with E-state index in [1.165, 1.54) is 4.90 Å². The zero-order valence-electron chi connectivity index (χ0n) is 42.2. The number of nitrogens with zero attached hydrogens (tertiary/aromatic N) is 7. The number of ether oxygens (including phenoxy) is 1. The zero-order chi connectivity index (χ0) is 51.2. The lowest BCUT2D eigenvalue weighted by atomic mass is 9.49. The first-order valence-electron chi connectivity index (χ1n) is 24.5. The fraction of sp³-hybridized carbons (Fsp3) is 0.528. The minimum absolute atomic E-state index is 0.00613. The predicted octanol–water partition coefficient (Wildman–Crippen LogP) is 5.83. The quantitative estimate of drug-likeness (QED) is 0.118. The summed E-state index contributed by atoms with van der Waals surface area (Å²) in [4.78, 5) is 73.4. The average Bonchev–Trinajstić information content (AvgIpc) is 3.94. The Morgan fingerprint density at radius 1 is 0.958 bits per heavy atom. The highest BCUT2D eigenvalue weighted by atomic mass is 35.5. The van der Waals surface area contributed by atoms with E-state index in [0.717, 1.165) is 66.8 Å². The molecule has 18 heteroatoms. The third-order valence-corrected chi connectivity index (χ3v) is 16.3. The molecule has 0 bridgehead atoms. The van der Waals surface area contributed by atoms with Crippen LogP contribution in [0.3, 0.4) is 0 Å². The van der Waals surface area contributed by atoms with E-state index < -0.39 is 34.4 Å². The number of carbonyl (C=O) groups excluding carboxylic acids is 4. The first-order valence-corrected chi connectivity index (χ1v) is 25.7. The van der Waals surface area contributed by atoms with Crippen molar-refractivity contribution >= 4 is 52.4 Å². The van der Waals surface area contributed by atoms with Crippen molar-refractivity contribution in [2.75, 3.05) is 57.3 Å². The minimum Gasteiger partial charge on any atom is -0.489 e. The van der Waals surface area contributed by atoms with Crippen LogP contribution >= 0.6 is 22.9 Å². The summed E-state index contributed by atoms with van der Waals surface area (Å²) in [5.74, 6) is 0.188. The molecule has 1 unspecified atom stereocenters. The highest BCUT2D eigenvalue weighted by Gasteiger charge is 2.64. The Kier molecular flexibility index (Phi) is 14.9. The number of aliphatic hydroxyl groups is 1. The number of pyridine rings is 1. The molecule has 8 rings (SSSR count). The van der Waals surface area contributed by atoms with Gasteiger partial charge in [0.1, 0.15) is 35.8 Å². The van der Waals surface area contributed by atoms with Crippen LogP contribution in [0, 0.1) is 34.5 Å². The van der Waals surface area contributed by atoms with Crippen LogP contribution in [0.15, 0.2) is 66.3 Å². The molecule has 3 saturated heterocycles. The Morgan fingerprint density at radius 2 is 1.65 bits per heavy atom. The van der Waals surface area contributed by atoms with Crippen LogP contribution in [0.4, 0.5) is 5.82 Å². The summed E-state index contributed by atoms with van der Waals surface area (Å²) in [5.41, 5.74) is 4.17. The normalized spacial score (nSPS) is 23.1. The maximum absolute atomic E-state index is 14.3. The number of piperazine rings is 1. The summed E-state index contributed by atoms with van der Waals surface area (Å²) in [6.45, 7) is 22.6. The molecule has 2 aromatic carbocycles. The van der Waals surface area contributed by atoms with E-state index in [1.54, 1.807) is 35.7 Å². The Morgan fingerprint density at radius 3 is 2.24 bits per heavy atom. The lowest BCUT2D eigenvalue weighted by Crippen LogP contribution is -2.74. The van der Waals surface area contributed by atoms with Gasteiger partial charge in [-0.2, -0.15) is 5.26 Å². The summed E-state index contributed by atoms with van der Waals surface area (Å²) in [6.07, 6.45) is 0.666. The summed E-state index contributed by atoms with van der Waals surface area (Å²) < 4.78 is 6.38. The Hall–Kier alpha value is -5.64. The van der Waals surface area contributed by atoms with Gasteiger partial charge in [0, 0.05) is 87.4 Å². The maximum Gasteiger partial charge on any atom is 0.253 e. The van der Waals surface area contributed by atoms with Crippen molar-refractivity contribution in [1.29, 1.82) is 5.26 Å². The molecule has 4 aliphatic rings. The van der Waals surface area contributed by atoms with Gasteiger partial charge in [-0.15, -0.1) is 11.3 Å². The smallest absolute Gasteiger partial charge is 0.253 e. The average molecular weight is 1010 g/mol. The number of halogens is 1. The molecule has 1 saturated carbocycles. The number of likely N-dealkylation sites (tertiary alicyclic amines) is 2. The summed E-state index contributed by atoms with van der Waals surface area (Å²) in [5, 5.41) is 29.6. The number of anilines is 1. The van der Waals surface area contributed by atoms with Crippen molar-refractivity contribution in [2.24, 2.45) is 16.2 Å². The van der Waals surface area contributed by atoms with Gasteiger partial charge < -0.3 is 35.6 Å².